The summed E-state index contributed by atoms with van der Waals surface area (Å²) < 4.78 is 6.01. The lowest BCUT2D eigenvalue weighted by atomic mass is 10.2. The molecule has 1 amide bonds. The van der Waals surface area contributed by atoms with E-state index in [0.29, 0.717) is 12.4 Å². The van der Waals surface area contributed by atoms with E-state index >= 15 is 0 Å². The van der Waals surface area contributed by atoms with Gasteiger partial charge in [0.2, 0.25) is 0 Å². The number of benzene rings is 1. The number of hydrogen-bond acceptors (Lipinski definition) is 5. The van der Waals surface area contributed by atoms with Gasteiger partial charge in [-0.15, -0.1) is 0 Å². The molecule has 0 unspecified atom stereocenters. The molecule has 0 radical (unpaired) electrons. The number of likely N-dealkylation sites (tertiary alicyclic amines) is 1. The normalized spacial score (nSPS) is 13.1. The van der Waals surface area contributed by atoms with E-state index in [-0.39, 0.29) is 6.09 Å². The molecule has 2 N–H and O–H groups in total. The predicted octanol–water partition coefficient (Wildman–Crippen LogP) is 4.37. The second-order valence-corrected chi connectivity index (χ2v) is 6.99. The Balaban J connectivity index is 0.000000199. The minimum Gasteiger partial charge on any atom is -0.445 e. The maximum absolute atomic E-state index is 11.5. The summed E-state index contributed by atoms with van der Waals surface area (Å²) in [6.07, 6.45) is 3.68. The van der Waals surface area contributed by atoms with Gasteiger partial charge in [-0.25, -0.2) is 14.8 Å². The van der Waals surface area contributed by atoms with Crippen LogP contribution < -0.4 is 5.73 Å². The highest BCUT2D eigenvalue weighted by molar-refractivity contribution is 9.10. The van der Waals surface area contributed by atoms with Gasteiger partial charge in [0.05, 0.1) is 11.4 Å². The summed E-state index contributed by atoms with van der Waals surface area (Å²) in [7, 11) is 0. The average molecular weight is 435 g/mol. The second kappa shape index (κ2) is 10.9. The van der Waals surface area contributed by atoms with Crippen LogP contribution in [0.3, 0.4) is 0 Å². The zero-order valence-electron chi connectivity index (χ0n) is 15.9. The van der Waals surface area contributed by atoms with Crippen molar-refractivity contribution < 1.29 is 9.53 Å². The summed E-state index contributed by atoms with van der Waals surface area (Å²) in [5, 5.41) is 0. The van der Waals surface area contributed by atoms with Gasteiger partial charge in [-0.05, 0) is 47.2 Å². The van der Waals surface area contributed by atoms with E-state index in [9.17, 15) is 4.79 Å². The molecule has 1 aromatic carbocycles. The van der Waals surface area contributed by atoms with Crippen molar-refractivity contribution in [3.63, 3.8) is 0 Å². The van der Waals surface area contributed by atoms with Crippen molar-refractivity contribution in [2.24, 2.45) is 0 Å². The summed E-state index contributed by atoms with van der Waals surface area (Å²) in [5.41, 5.74) is 8.50. The van der Waals surface area contributed by atoms with Crippen molar-refractivity contribution in [1.29, 1.82) is 0 Å². The molecule has 27 heavy (non-hydrogen) atoms. The monoisotopic (exact) mass is 434 g/mol. The standard InChI is InChI=1S/C12H15NO2.C8H12BrN3/c14-12(13-8-4-5-9-13)15-10-11-6-2-1-3-7-11;1-3-5-7(9)11-6(4-2)8(10)12-5/h1-3,6-7H,4-5,8-10H2;3-4H2,1-2H3,(H2,10,12). The van der Waals surface area contributed by atoms with Crippen LogP contribution in [0.25, 0.3) is 0 Å². The van der Waals surface area contributed by atoms with Crippen molar-refractivity contribution in [2.45, 2.75) is 46.1 Å². The number of carbonyl (C=O) groups excluding carboxylic acids is 1. The van der Waals surface area contributed by atoms with Gasteiger partial charge in [-0.1, -0.05) is 44.2 Å². The minimum absolute atomic E-state index is 0.184. The van der Waals surface area contributed by atoms with E-state index < -0.39 is 0 Å². The molecule has 2 aromatic rings. The van der Waals surface area contributed by atoms with Gasteiger partial charge in [-0.3, -0.25) is 0 Å². The number of halogens is 1. The first-order chi connectivity index (χ1) is 13.0. The molecule has 2 heterocycles. The number of amides is 1. The number of carbonyl (C=O) groups is 1. The lowest BCUT2D eigenvalue weighted by molar-refractivity contribution is 0.104. The Labute approximate surface area is 169 Å². The Hall–Kier alpha value is -2.15. The number of anilines is 1. The highest BCUT2D eigenvalue weighted by Gasteiger charge is 2.18. The third kappa shape index (κ3) is 6.50. The minimum atomic E-state index is -0.184. The molecule has 0 atom stereocenters. The number of nitrogens with two attached hydrogens (primary N) is 1. The van der Waals surface area contributed by atoms with Gasteiger partial charge in [0.15, 0.2) is 0 Å². The Bertz CT molecular complexity index is 705. The number of nitrogens with zero attached hydrogens (tertiary/aromatic N) is 3. The molecule has 1 fully saturated rings. The van der Waals surface area contributed by atoms with Gasteiger partial charge in [0.1, 0.15) is 17.0 Å². The van der Waals surface area contributed by atoms with Gasteiger partial charge < -0.3 is 15.4 Å². The third-order valence-electron chi connectivity index (χ3n) is 4.26. The summed E-state index contributed by atoms with van der Waals surface area (Å²) in [6, 6.07) is 9.75. The van der Waals surface area contributed by atoms with Crippen LogP contribution in [-0.2, 0) is 24.2 Å². The lowest BCUT2D eigenvalue weighted by Crippen LogP contribution is -2.28. The molecule has 0 spiro atoms. The Morgan fingerprint density at radius 1 is 1.11 bits per heavy atom. The molecule has 6 nitrogen and oxygen atoms in total. The van der Waals surface area contributed by atoms with Gasteiger partial charge in [0.25, 0.3) is 0 Å². The van der Waals surface area contributed by atoms with E-state index in [1.807, 2.05) is 44.2 Å². The maximum atomic E-state index is 11.5. The molecule has 1 aliphatic rings. The van der Waals surface area contributed by atoms with Crippen molar-refractivity contribution in [1.82, 2.24) is 14.9 Å². The fourth-order valence-corrected chi connectivity index (χ4v) is 3.27. The van der Waals surface area contributed by atoms with Crippen LogP contribution in [0, 0.1) is 0 Å². The van der Waals surface area contributed by atoms with Crippen LogP contribution in [0.2, 0.25) is 0 Å². The topological polar surface area (TPSA) is 81.3 Å². The van der Waals surface area contributed by atoms with Crippen molar-refractivity contribution in [3.05, 3.63) is 51.9 Å². The third-order valence-corrected chi connectivity index (χ3v) is 4.90. The first-order valence-corrected chi connectivity index (χ1v) is 10.1. The SMILES string of the molecule is CCc1nc(Br)c(CC)nc1N.O=C(OCc1ccccc1)N1CCCC1. The second-order valence-electron chi connectivity index (χ2n) is 6.23. The van der Waals surface area contributed by atoms with Crippen molar-refractivity contribution >= 4 is 27.8 Å². The summed E-state index contributed by atoms with van der Waals surface area (Å²) in [5.74, 6) is 0.553. The van der Waals surface area contributed by atoms with Crippen molar-refractivity contribution in [2.75, 3.05) is 18.8 Å². The predicted molar refractivity (Wildman–Crippen MR) is 110 cm³/mol. The Morgan fingerprint density at radius 2 is 1.74 bits per heavy atom. The molecule has 1 aromatic heterocycles. The quantitative estimate of drug-likeness (QED) is 0.772. The van der Waals surface area contributed by atoms with Gasteiger partial charge in [-0.2, -0.15) is 0 Å². The highest BCUT2D eigenvalue weighted by Crippen LogP contribution is 2.17. The number of nitrogen functional groups attached to an aromatic ring is 1. The first-order valence-electron chi connectivity index (χ1n) is 9.31. The molecule has 0 aliphatic carbocycles. The molecule has 146 valence electrons. The highest BCUT2D eigenvalue weighted by atomic mass is 79.9. The zero-order chi connectivity index (χ0) is 19.6. The van der Waals surface area contributed by atoms with E-state index in [4.69, 9.17) is 10.5 Å². The van der Waals surface area contributed by atoms with E-state index in [1.54, 1.807) is 4.90 Å². The largest absolute Gasteiger partial charge is 0.445 e. The number of aryl methyl sites for hydroxylation is 2. The summed E-state index contributed by atoms with van der Waals surface area (Å²) in [4.78, 5) is 21.8. The smallest absolute Gasteiger partial charge is 0.410 e. The Morgan fingerprint density at radius 3 is 2.33 bits per heavy atom. The molecular weight excluding hydrogens is 408 g/mol. The fourth-order valence-electron chi connectivity index (χ4n) is 2.69. The molecule has 0 saturated carbocycles. The molecule has 7 heteroatoms. The number of hydrogen-bond donors (Lipinski definition) is 1. The van der Waals surface area contributed by atoms with Gasteiger partial charge in [0, 0.05) is 13.1 Å². The number of aromatic nitrogens is 2. The molecule has 1 saturated heterocycles. The number of rotatable bonds is 4. The first kappa shape index (κ1) is 21.2. The molecular formula is C20H27BrN4O2. The fraction of sp³-hybridized carbons (Fsp3) is 0.450. The Kier molecular flexibility index (Phi) is 8.51. The van der Waals surface area contributed by atoms with Crippen LogP contribution in [0.4, 0.5) is 10.6 Å². The van der Waals surface area contributed by atoms with Crippen LogP contribution in [0.15, 0.2) is 34.9 Å². The summed E-state index contributed by atoms with van der Waals surface area (Å²) >= 11 is 3.35. The lowest BCUT2D eigenvalue weighted by Gasteiger charge is -2.14. The van der Waals surface area contributed by atoms with Gasteiger partial charge >= 0.3 is 6.09 Å². The van der Waals surface area contributed by atoms with E-state index in [0.717, 1.165) is 60.3 Å². The van der Waals surface area contributed by atoms with Crippen LogP contribution >= 0.6 is 15.9 Å². The molecule has 0 bridgehead atoms. The zero-order valence-corrected chi connectivity index (χ0v) is 17.5. The maximum Gasteiger partial charge on any atom is 0.410 e. The van der Waals surface area contributed by atoms with Crippen LogP contribution in [0.1, 0.15) is 43.6 Å². The molecule has 1 aliphatic heterocycles. The van der Waals surface area contributed by atoms with Crippen LogP contribution in [0.5, 0.6) is 0 Å². The van der Waals surface area contributed by atoms with E-state index in [2.05, 4.69) is 25.9 Å². The summed E-state index contributed by atoms with van der Waals surface area (Å²) in [6.45, 7) is 6.09. The average Bonchev–Trinajstić information content (AvgIpc) is 3.24. The van der Waals surface area contributed by atoms with E-state index in [1.165, 1.54) is 0 Å². The number of ether oxygens (including phenoxy) is 1. The van der Waals surface area contributed by atoms with Crippen molar-refractivity contribution in [3.8, 4) is 0 Å². The molecule has 3 rings (SSSR count). The van der Waals surface area contributed by atoms with Crippen LogP contribution in [-0.4, -0.2) is 34.1 Å².